The molecule has 184 valence electrons. The van der Waals surface area contributed by atoms with Crippen molar-refractivity contribution in [1.29, 1.82) is 0 Å². The van der Waals surface area contributed by atoms with E-state index in [1.807, 2.05) is 0 Å². The van der Waals surface area contributed by atoms with E-state index >= 15 is 0 Å². The quantitative estimate of drug-likeness (QED) is 0.366. The second-order valence-electron chi connectivity index (χ2n) is 7.00. The van der Waals surface area contributed by atoms with Crippen LogP contribution in [0.1, 0.15) is 10.4 Å². The van der Waals surface area contributed by atoms with Gasteiger partial charge in [-0.3, -0.25) is 9.59 Å². The van der Waals surface area contributed by atoms with Gasteiger partial charge in [0.1, 0.15) is 5.02 Å². The molecule has 0 unspecified atom stereocenters. The summed E-state index contributed by atoms with van der Waals surface area (Å²) >= 11 is 11.7. The van der Waals surface area contributed by atoms with Crippen molar-refractivity contribution >= 4 is 50.6 Å². The predicted octanol–water partition coefficient (Wildman–Crippen LogP) is 3.98. The van der Waals surface area contributed by atoms with Gasteiger partial charge in [0.2, 0.25) is 15.9 Å². The first-order valence-electron chi connectivity index (χ1n) is 9.98. The molecule has 2 heterocycles. The number of amides is 1. The van der Waals surface area contributed by atoms with Crippen molar-refractivity contribution in [3.05, 3.63) is 97.8 Å². The minimum Gasteiger partial charge on any atom is -0.481 e. The summed E-state index contributed by atoms with van der Waals surface area (Å²) < 4.78 is 34.9. The zero-order valence-electron chi connectivity index (χ0n) is 18.3. The summed E-state index contributed by atoms with van der Waals surface area (Å²) in [4.78, 5) is 32.5. The van der Waals surface area contributed by atoms with Gasteiger partial charge in [-0.1, -0.05) is 29.4 Å². The number of sulfonamides is 1. The number of methoxy groups -OCH3 is 1. The highest BCUT2D eigenvalue weighted by Gasteiger charge is 2.14. The number of anilines is 1. The van der Waals surface area contributed by atoms with Crippen LogP contribution in [0.3, 0.4) is 0 Å². The third-order valence-electron chi connectivity index (χ3n) is 4.71. The van der Waals surface area contributed by atoms with Crippen LogP contribution in [0, 0.1) is 0 Å². The molecule has 0 spiro atoms. The fourth-order valence-corrected chi connectivity index (χ4v) is 4.15. The predicted molar refractivity (Wildman–Crippen MR) is 133 cm³/mol. The molecule has 0 saturated heterocycles. The van der Waals surface area contributed by atoms with Crippen molar-refractivity contribution < 1.29 is 17.9 Å². The lowest BCUT2D eigenvalue weighted by molar-refractivity contribution is 0.102. The molecular formula is C22H15Cl2N6O5S-. The molecule has 1 N–H and O–H groups in total. The zero-order chi connectivity index (χ0) is 25.9. The van der Waals surface area contributed by atoms with Gasteiger partial charge >= 0.3 is 0 Å². The van der Waals surface area contributed by atoms with Crippen molar-refractivity contribution in [3.8, 4) is 11.6 Å². The maximum atomic E-state index is 12.6. The molecule has 36 heavy (non-hydrogen) atoms. The fraction of sp³-hybridized carbons (Fsp3) is 0.0455. The van der Waals surface area contributed by atoms with Crippen LogP contribution in [-0.4, -0.2) is 41.2 Å². The number of ether oxygens (including phenoxy) is 1. The summed E-state index contributed by atoms with van der Waals surface area (Å²) in [7, 11) is -2.78. The van der Waals surface area contributed by atoms with Crippen LogP contribution in [0.5, 0.6) is 5.88 Å². The molecule has 11 nitrogen and oxygen atoms in total. The first kappa shape index (κ1) is 25.1. The Morgan fingerprint density at radius 3 is 2.36 bits per heavy atom. The number of nitrogens with one attached hydrogen (secondary N) is 1. The summed E-state index contributed by atoms with van der Waals surface area (Å²) in [5, 5.41) is 6.47. The van der Waals surface area contributed by atoms with Crippen molar-refractivity contribution in [3.63, 3.8) is 0 Å². The number of benzene rings is 2. The van der Waals surface area contributed by atoms with Crippen LogP contribution in [-0.2, 0) is 10.0 Å². The molecule has 1 amide bonds. The van der Waals surface area contributed by atoms with Crippen molar-refractivity contribution in [2.75, 3.05) is 12.4 Å². The van der Waals surface area contributed by atoms with Gasteiger partial charge in [-0.05, 0) is 48.5 Å². The first-order chi connectivity index (χ1) is 17.2. The average Bonchev–Trinajstić information content (AvgIpc) is 2.88. The average molecular weight is 546 g/mol. The van der Waals surface area contributed by atoms with Crippen LogP contribution in [0.25, 0.3) is 10.4 Å². The standard InChI is InChI=1S/C22H16Cl2N6O5S/c1-35-21-19(25-10-11-26-21)29-36(33,34)16-8-4-14(5-9-16)28-20(31)13-2-6-15(7-3-13)30-22(32)18(24)17(23)12-27-30/h2-12H,1H3,(H2,25,28,29,31)/p-1. The van der Waals surface area contributed by atoms with Gasteiger partial charge in [0.05, 0.1) is 28.9 Å². The third kappa shape index (κ3) is 5.30. The molecule has 0 bridgehead atoms. The Bertz CT molecular complexity index is 1590. The molecule has 2 aromatic carbocycles. The Morgan fingerprint density at radius 2 is 1.69 bits per heavy atom. The number of hydrogen-bond donors (Lipinski definition) is 1. The second-order valence-corrected chi connectivity index (χ2v) is 9.39. The first-order valence-corrected chi connectivity index (χ1v) is 12.2. The maximum absolute atomic E-state index is 12.6. The molecule has 0 radical (unpaired) electrons. The number of carbonyl (C=O) groups excluding carboxylic acids is 1. The Balaban J connectivity index is 1.46. The van der Waals surface area contributed by atoms with Gasteiger partial charge in [-0.25, -0.2) is 13.4 Å². The summed E-state index contributed by atoms with van der Waals surface area (Å²) in [6, 6.07) is 11.5. The molecule has 14 heteroatoms. The molecule has 0 saturated carbocycles. The Labute approximate surface area is 214 Å². The van der Waals surface area contributed by atoms with E-state index in [0.29, 0.717) is 11.4 Å². The zero-order valence-corrected chi connectivity index (χ0v) is 20.6. The summed E-state index contributed by atoms with van der Waals surface area (Å²) in [6.45, 7) is 0. The van der Waals surface area contributed by atoms with E-state index < -0.39 is 21.5 Å². The summed E-state index contributed by atoms with van der Waals surface area (Å²) in [5.74, 6) is -0.671. The Kier molecular flexibility index (Phi) is 7.20. The van der Waals surface area contributed by atoms with Crippen LogP contribution >= 0.6 is 23.2 Å². The molecule has 4 aromatic rings. The van der Waals surface area contributed by atoms with E-state index in [9.17, 15) is 18.0 Å². The minimum absolute atomic E-state index is 0.0317. The Hall–Kier alpha value is -4.00. The number of nitrogens with zero attached hydrogens (tertiary/aromatic N) is 5. The summed E-state index contributed by atoms with van der Waals surface area (Å²) in [6.07, 6.45) is 3.88. The lowest BCUT2D eigenvalue weighted by Crippen LogP contribution is -2.21. The highest BCUT2D eigenvalue weighted by atomic mass is 35.5. The fourth-order valence-electron chi connectivity index (χ4n) is 2.96. The van der Waals surface area contributed by atoms with Crippen molar-refractivity contribution in [2.45, 2.75) is 4.90 Å². The number of hydrogen-bond acceptors (Lipinski definition) is 8. The third-order valence-corrected chi connectivity index (χ3v) is 6.74. The second kappa shape index (κ2) is 10.3. The van der Waals surface area contributed by atoms with Crippen LogP contribution in [0.4, 0.5) is 11.5 Å². The van der Waals surface area contributed by atoms with E-state index in [4.69, 9.17) is 27.9 Å². The van der Waals surface area contributed by atoms with Crippen LogP contribution in [0.2, 0.25) is 10.0 Å². The van der Waals surface area contributed by atoms with Crippen molar-refractivity contribution in [2.24, 2.45) is 0 Å². The van der Waals surface area contributed by atoms with E-state index in [1.54, 1.807) is 0 Å². The molecule has 0 aliphatic carbocycles. The topological polar surface area (TPSA) is 147 Å². The lowest BCUT2D eigenvalue weighted by atomic mass is 10.2. The number of halogens is 2. The van der Waals surface area contributed by atoms with Gasteiger partial charge in [0, 0.05) is 23.3 Å². The molecule has 0 aliphatic heterocycles. The van der Waals surface area contributed by atoms with Gasteiger partial charge in [0.25, 0.3) is 11.5 Å². The SMILES string of the molecule is COc1nccnc1[N-]S(=O)(=O)c1ccc(NC(=O)c2ccc(-n3ncc(Cl)c(Cl)c3=O)cc2)cc1. The minimum atomic E-state index is -4.11. The maximum Gasteiger partial charge on any atom is 0.291 e. The van der Waals surface area contributed by atoms with E-state index in [2.05, 4.69) is 25.1 Å². The molecule has 0 fully saturated rings. The number of aromatic nitrogens is 4. The molecule has 0 aliphatic rings. The molecule has 2 aromatic heterocycles. The molecule has 4 rings (SSSR count). The highest BCUT2D eigenvalue weighted by Crippen LogP contribution is 2.32. The van der Waals surface area contributed by atoms with Gasteiger partial charge in [0.15, 0.2) is 0 Å². The largest absolute Gasteiger partial charge is 0.481 e. The van der Waals surface area contributed by atoms with Gasteiger partial charge in [-0.2, -0.15) is 9.78 Å². The van der Waals surface area contributed by atoms with Crippen LogP contribution < -0.4 is 15.6 Å². The summed E-state index contributed by atoms with van der Waals surface area (Å²) in [5.41, 5.74) is 0.421. The smallest absolute Gasteiger partial charge is 0.291 e. The van der Waals surface area contributed by atoms with Gasteiger partial charge in [-0.15, -0.1) is 0 Å². The highest BCUT2D eigenvalue weighted by molar-refractivity contribution is 7.94. The van der Waals surface area contributed by atoms with E-state index in [-0.39, 0.29) is 32.2 Å². The van der Waals surface area contributed by atoms with Crippen molar-refractivity contribution in [1.82, 2.24) is 19.7 Å². The lowest BCUT2D eigenvalue weighted by Gasteiger charge is -2.17. The van der Waals surface area contributed by atoms with Gasteiger partial charge < -0.3 is 19.8 Å². The molecular weight excluding hydrogens is 531 g/mol. The van der Waals surface area contributed by atoms with E-state index in [1.165, 1.54) is 74.2 Å². The number of rotatable bonds is 7. The molecule has 0 atom stereocenters. The van der Waals surface area contributed by atoms with Crippen LogP contribution in [0.15, 0.2) is 76.8 Å². The van der Waals surface area contributed by atoms with E-state index in [0.717, 1.165) is 4.68 Å². The Morgan fingerprint density at radius 1 is 1.03 bits per heavy atom. The normalized spacial score (nSPS) is 11.1. The monoisotopic (exact) mass is 545 g/mol. The number of carbonyl (C=O) groups is 1.